The number of benzene rings is 1. The Hall–Kier alpha value is -1.03. The van der Waals surface area contributed by atoms with Crippen LogP contribution < -0.4 is 5.73 Å². The van der Waals surface area contributed by atoms with E-state index in [0.29, 0.717) is 17.6 Å². The van der Waals surface area contributed by atoms with Crippen LogP contribution in [-0.2, 0) is 19.9 Å². The van der Waals surface area contributed by atoms with Crippen molar-refractivity contribution >= 4 is 23.2 Å². The molecule has 20 heavy (non-hydrogen) atoms. The van der Waals surface area contributed by atoms with Crippen LogP contribution >= 0.6 is 23.2 Å². The molecule has 5 heteroatoms. The molecular weight excluding hydrogens is 293 g/mol. The topological polar surface area (TPSA) is 43.8 Å². The SMILES string of the molecule is Cc1nn(C)c(Cl)c1CC(CN)Cc1cccc(Cl)c1. The molecule has 1 aromatic carbocycles. The van der Waals surface area contributed by atoms with Crippen LogP contribution in [0.5, 0.6) is 0 Å². The summed E-state index contributed by atoms with van der Waals surface area (Å²) < 4.78 is 1.71. The predicted octanol–water partition coefficient (Wildman–Crippen LogP) is 3.40. The van der Waals surface area contributed by atoms with Crippen molar-refractivity contribution in [3.05, 3.63) is 51.3 Å². The smallest absolute Gasteiger partial charge is 0.130 e. The Balaban J connectivity index is 2.13. The summed E-state index contributed by atoms with van der Waals surface area (Å²) in [4.78, 5) is 0. The summed E-state index contributed by atoms with van der Waals surface area (Å²) in [5.41, 5.74) is 9.17. The van der Waals surface area contributed by atoms with Crippen molar-refractivity contribution in [1.29, 1.82) is 0 Å². The molecule has 3 nitrogen and oxygen atoms in total. The zero-order valence-electron chi connectivity index (χ0n) is 11.7. The average molecular weight is 312 g/mol. The number of rotatable bonds is 5. The van der Waals surface area contributed by atoms with Crippen molar-refractivity contribution in [2.75, 3.05) is 6.54 Å². The molecule has 1 aromatic heterocycles. The molecule has 0 aliphatic heterocycles. The van der Waals surface area contributed by atoms with E-state index in [2.05, 4.69) is 11.2 Å². The van der Waals surface area contributed by atoms with Gasteiger partial charge in [-0.2, -0.15) is 5.10 Å². The fourth-order valence-electron chi connectivity index (χ4n) is 2.43. The third kappa shape index (κ3) is 3.54. The predicted molar refractivity (Wildman–Crippen MR) is 84.4 cm³/mol. The molecule has 2 N–H and O–H groups in total. The maximum Gasteiger partial charge on any atom is 0.130 e. The number of hydrogen-bond donors (Lipinski definition) is 1. The molecule has 2 aromatic rings. The van der Waals surface area contributed by atoms with Gasteiger partial charge in [-0.1, -0.05) is 35.3 Å². The first-order chi connectivity index (χ1) is 9.51. The van der Waals surface area contributed by atoms with Gasteiger partial charge in [-0.15, -0.1) is 0 Å². The molecule has 0 spiro atoms. The molecule has 0 bridgehead atoms. The van der Waals surface area contributed by atoms with E-state index in [1.54, 1.807) is 4.68 Å². The molecule has 2 rings (SSSR count). The third-order valence-electron chi connectivity index (χ3n) is 3.51. The molecule has 0 fully saturated rings. The largest absolute Gasteiger partial charge is 0.330 e. The van der Waals surface area contributed by atoms with Gasteiger partial charge in [-0.05, 0) is 49.9 Å². The van der Waals surface area contributed by atoms with Crippen LogP contribution in [0.15, 0.2) is 24.3 Å². The summed E-state index contributed by atoms with van der Waals surface area (Å²) >= 11 is 12.3. The lowest BCUT2D eigenvalue weighted by Crippen LogP contribution is -2.19. The molecule has 0 amide bonds. The van der Waals surface area contributed by atoms with Gasteiger partial charge in [0.25, 0.3) is 0 Å². The fraction of sp³-hybridized carbons (Fsp3) is 0.400. The van der Waals surface area contributed by atoms with Crippen LogP contribution in [0.1, 0.15) is 16.8 Å². The van der Waals surface area contributed by atoms with Crippen LogP contribution in [-0.4, -0.2) is 16.3 Å². The zero-order chi connectivity index (χ0) is 14.7. The molecule has 1 unspecified atom stereocenters. The van der Waals surface area contributed by atoms with Crippen molar-refractivity contribution in [3.63, 3.8) is 0 Å². The van der Waals surface area contributed by atoms with Crippen LogP contribution in [0.2, 0.25) is 10.2 Å². The van der Waals surface area contributed by atoms with E-state index in [1.165, 1.54) is 5.56 Å². The van der Waals surface area contributed by atoms with Gasteiger partial charge in [0, 0.05) is 17.6 Å². The summed E-state index contributed by atoms with van der Waals surface area (Å²) in [6.07, 6.45) is 1.73. The minimum absolute atomic E-state index is 0.328. The van der Waals surface area contributed by atoms with E-state index in [1.807, 2.05) is 32.2 Å². The van der Waals surface area contributed by atoms with E-state index in [9.17, 15) is 0 Å². The Morgan fingerprint density at radius 2 is 2.05 bits per heavy atom. The van der Waals surface area contributed by atoms with Gasteiger partial charge in [0.1, 0.15) is 5.15 Å². The maximum absolute atomic E-state index is 6.28. The van der Waals surface area contributed by atoms with E-state index in [4.69, 9.17) is 28.9 Å². The van der Waals surface area contributed by atoms with Crippen LogP contribution in [0.3, 0.4) is 0 Å². The van der Waals surface area contributed by atoms with Gasteiger partial charge < -0.3 is 5.73 Å². The Bertz CT molecular complexity index is 593. The summed E-state index contributed by atoms with van der Waals surface area (Å²) in [5.74, 6) is 0.328. The summed E-state index contributed by atoms with van der Waals surface area (Å²) in [6, 6.07) is 7.91. The summed E-state index contributed by atoms with van der Waals surface area (Å²) in [5, 5.41) is 5.80. The highest BCUT2D eigenvalue weighted by molar-refractivity contribution is 6.30. The Morgan fingerprint density at radius 3 is 2.60 bits per heavy atom. The molecule has 108 valence electrons. The lowest BCUT2D eigenvalue weighted by Gasteiger charge is -2.15. The van der Waals surface area contributed by atoms with Crippen molar-refractivity contribution in [3.8, 4) is 0 Å². The highest BCUT2D eigenvalue weighted by atomic mass is 35.5. The fourth-order valence-corrected chi connectivity index (χ4v) is 2.90. The second kappa shape index (κ2) is 6.61. The zero-order valence-corrected chi connectivity index (χ0v) is 13.2. The number of aromatic nitrogens is 2. The highest BCUT2D eigenvalue weighted by Gasteiger charge is 2.17. The highest BCUT2D eigenvalue weighted by Crippen LogP contribution is 2.24. The van der Waals surface area contributed by atoms with Gasteiger partial charge in [-0.3, -0.25) is 4.68 Å². The van der Waals surface area contributed by atoms with Crippen molar-refractivity contribution < 1.29 is 0 Å². The second-order valence-electron chi connectivity index (χ2n) is 5.12. The van der Waals surface area contributed by atoms with Crippen LogP contribution in [0.4, 0.5) is 0 Å². The molecule has 1 heterocycles. The molecule has 0 saturated heterocycles. The number of halogens is 2. The Labute approximate surface area is 129 Å². The van der Waals surface area contributed by atoms with Gasteiger partial charge in [0.05, 0.1) is 5.69 Å². The van der Waals surface area contributed by atoms with Crippen molar-refractivity contribution in [1.82, 2.24) is 9.78 Å². The normalized spacial score (nSPS) is 12.7. The molecule has 0 radical (unpaired) electrons. The van der Waals surface area contributed by atoms with Gasteiger partial charge in [-0.25, -0.2) is 0 Å². The van der Waals surface area contributed by atoms with E-state index in [0.717, 1.165) is 29.1 Å². The molecule has 0 saturated carbocycles. The summed E-state index contributed by atoms with van der Waals surface area (Å²) in [7, 11) is 1.85. The average Bonchev–Trinajstić information content (AvgIpc) is 2.64. The van der Waals surface area contributed by atoms with Gasteiger partial charge >= 0.3 is 0 Å². The number of aryl methyl sites for hydroxylation is 2. The van der Waals surface area contributed by atoms with E-state index >= 15 is 0 Å². The van der Waals surface area contributed by atoms with Crippen LogP contribution in [0, 0.1) is 12.8 Å². The Kier molecular flexibility index (Phi) is 5.08. The second-order valence-corrected chi connectivity index (χ2v) is 5.91. The first-order valence-corrected chi connectivity index (χ1v) is 7.39. The van der Waals surface area contributed by atoms with Crippen molar-refractivity contribution in [2.24, 2.45) is 18.7 Å². The minimum atomic E-state index is 0.328. The molecule has 0 aliphatic rings. The first kappa shape index (κ1) is 15.4. The third-order valence-corrected chi connectivity index (χ3v) is 4.22. The number of nitrogens with zero attached hydrogens (tertiary/aromatic N) is 2. The summed E-state index contributed by atoms with van der Waals surface area (Å²) in [6.45, 7) is 2.59. The lowest BCUT2D eigenvalue weighted by atomic mass is 9.93. The first-order valence-electron chi connectivity index (χ1n) is 6.63. The molecular formula is C15H19Cl2N3. The lowest BCUT2D eigenvalue weighted by molar-refractivity contribution is 0.532. The maximum atomic E-state index is 6.28. The Morgan fingerprint density at radius 1 is 1.30 bits per heavy atom. The van der Waals surface area contributed by atoms with E-state index < -0.39 is 0 Å². The number of hydrogen-bond acceptors (Lipinski definition) is 2. The van der Waals surface area contributed by atoms with Gasteiger partial charge in [0.2, 0.25) is 0 Å². The minimum Gasteiger partial charge on any atom is -0.330 e. The van der Waals surface area contributed by atoms with E-state index in [-0.39, 0.29) is 0 Å². The standard InChI is InChI=1S/C15H19Cl2N3/c1-10-14(15(17)20(2)19-10)8-12(9-18)6-11-4-3-5-13(16)7-11/h3-5,7,12H,6,8-9,18H2,1-2H3. The monoisotopic (exact) mass is 311 g/mol. The molecule has 1 atom stereocenters. The van der Waals surface area contributed by atoms with Gasteiger partial charge in [0.15, 0.2) is 0 Å². The quantitative estimate of drug-likeness (QED) is 0.919. The molecule has 0 aliphatic carbocycles. The van der Waals surface area contributed by atoms with Crippen LogP contribution in [0.25, 0.3) is 0 Å². The number of nitrogens with two attached hydrogens (primary N) is 1. The van der Waals surface area contributed by atoms with Crippen molar-refractivity contribution in [2.45, 2.75) is 19.8 Å².